The minimum absolute atomic E-state index is 0.0158. The van der Waals surface area contributed by atoms with Crippen molar-refractivity contribution in [3.63, 3.8) is 0 Å². The standard InChI is InChI=1S/C17H15F4N3O2/c1-2-13(25)24-12-7-6-11(16(22)23)14(15(12)26-17(19,20)21)9-4-3-5-10(18)8-9/h3-8H,2H2,1H3,(H3,22,23)(H,24,25). The van der Waals surface area contributed by atoms with E-state index in [1.165, 1.54) is 25.1 Å². The lowest BCUT2D eigenvalue weighted by molar-refractivity contribution is -0.274. The van der Waals surface area contributed by atoms with Gasteiger partial charge in [-0.05, 0) is 29.8 Å². The van der Waals surface area contributed by atoms with E-state index in [2.05, 4.69) is 10.1 Å². The van der Waals surface area contributed by atoms with Crippen molar-refractivity contribution in [3.8, 4) is 16.9 Å². The van der Waals surface area contributed by atoms with E-state index < -0.39 is 29.7 Å². The molecule has 0 spiro atoms. The second-order valence-electron chi connectivity index (χ2n) is 5.24. The molecule has 0 bridgehead atoms. The van der Waals surface area contributed by atoms with Gasteiger partial charge in [-0.2, -0.15) is 0 Å². The van der Waals surface area contributed by atoms with Crippen molar-refractivity contribution in [2.45, 2.75) is 19.7 Å². The van der Waals surface area contributed by atoms with Gasteiger partial charge in [0, 0.05) is 17.5 Å². The van der Waals surface area contributed by atoms with Crippen LogP contribution < -0.4 is 15.8 Å². The molecule has 0 saturated carbocycles. The topological polar surface area (TPSA) is 88.2 Å². The van der Waals surface area contributed by atoms with Crippen molar-refractivity contribution in [1.29, 1.82) is 5.41 Å². The highest BCUT2D eigenvalue weighted by Crippen LogP contribution is 2.42. The SMILES string of the molecule is CCC(=O)Nc1ccc(C(=N)N)c(-c2cccc(F)c2)c1OC(F)(F)F. The summed E-state index contributed by atoms with van der Waals surface area (Å²) in [6, 6.07) is 7.15. The van der Waals surface area contributed by atoms with Crippen molar-refractivity contribution in [3.05, 3.63) is 47.8 Å². The highest BCUT2D eigenvalue weighted by atomic mass is 19.4. The van der Waals surface area contributed by atoms with E-state index in [4.69, 9.17) is 11.1 Å². The monoisotopic (exact) mass is 369 g/mol. The van der Waals surface area contributed by atoms with Gasteiger partial charge in [-0.3, -0.25) is 10.2 Å². The Morgan fingerprint density at radius 3 is 2.50 bits per heavy atom. The van der Waals surface area contributed by atoms with E-state index in [0.717, 1.165) is 18.2 Å². The second kappa shape index (κ2) is 7.42. The van der Waals surface area contributed by atoms with Crippen LogP contribution >= 0.6 is 0 Å². The molecule has 4 N–H and O–H groups in total. The molecule has 0 unspecified atom stereocenters. The van der Waals surface area contributed by atoms with Crippen LogP contribution in [0, 0.1) is 11.2 Å². The highest BCUT2D eigenvalue weighted by Gasteiger charge is 2.35. The first-order valence-electron chi connectivity index (χ1n) is 7.45. The predicted molar refractivity (Wildman–Crippen MR) is 88.5 cm³/mol. The van der Waals surface area contributed by atoms with Crippen molar-refractivity contribution in [2.75, 3.05) is 5.32 Å². The number of rotatable bonds is 5. The second-order valence-corrected chi connectivity index (χ2v) is 5.24. The maximum absolute atomic E-state index is 13.6. The third-order valence-electron chi connectivity index (χ3n) is 3.37. The first-order chi connectivity index (χ1) is 12.1. The van der Waals surface area contributed by atoms with Crippen molar-refractivity contribution < 1.29 is 27.1 Å². The number of halogens is 4. The molecule has 0 atom stereocenters. The molecule has 0 fully saturated rings. The quantitative estimate of drug-likeness (QED) is 0.422. The Kier molecular flexibility index (Phi) is 5.49. The van der Waals surface area contributed by atoms with Gasteiger partial charge in [-0.15, -0.1) is 13.2 Å². The summed E-state index contributed by atoms with van der Waals surface area (Å²) in [6.07, 6.45) is -5.06. The smallest absolute Gasteiger partial charge is 0.403 e. The van der Waals surface area contributed by atoms with Crippen LogP contribution in [0.5, 0.6) is 5.75 Å². The molecule has 2 rings (SSSR count). The minimum Gasteiger partial charge on any atom is -0.403 e. The number of hydrogen-bond donors (Lipinski definition) is 3. The highest BCUT2D eigenvalue weighted by molar-refractivity contribution is 6.05. The molecule has 0 aliphatic carbocycles. The molecule has 2 aromatic rings. The molecule has 9 heteroatoms. The molecular formula is C17H15F4N3O2. The average molecular weight is 369 g/mol. The van der Waals surface area contributed by atoms with Crippen molar-refractivity contribution >= 4 is 17.4 Å². The summed E-state index contributed by atoms with van der Waals surface area (Å²) in [5.41, 5.74) is 4.88. The van der Waals surface area contributed by atoms with Gasteiger partial charge in [0.25, 0.3) is 0 Å². The average Bonchev–Trinajstić information content (AvgIpc) is 2.54. The molecule has 0 aromatic heterocycles. The van der Waals surface area contributed by atoms with Gasteiger partial charge in [-0.25, -0.2) is 4.39 Å². The van der Waals surface area contributed by atoms with Crippen LogP contribution in [0.1, 0.15) is 18.9 Å². The lowest BCUT2D eigenvalue weighted by Crippen LogP contribution is -2.22. The molecule has 2 aromatic carbocycles. The number of hydrogen-bond acceptors (Lipinski definition) is 3. The Bertz CT molecular complexity index is 850. The number of amidine groups is 1. The number of amides is 1. The summed E-state index contributed by atoms with van der Waals surface area (Å²) in [4.78, 5) is 11.6. The normalized spacial score (nSPS) is 11.1. The number of nitrogen functional groups attached to an aromatic ring is 1. The Morgan fingerprint density at radius 2 is 1.96 bits per heavy atom. The molecule has 26 heavy (non-hydrogen) atoms. The summed E-state index contributed by atoms with van der Waals surface area (Å²) in [7, 11) is 0. The molecular weight excluding hydrogens is 354 g/mol. The number of carbonyl (C=O) groups is 1. The van der Waals surface area contributed by atoms with Crippen LogP contribution in [0.25, 0.3) is 11.1 Å². The Morgan fingerprint density at radius 1 is 1.27 bits per heavy atom. The summed E-state index contributed by atoms with van der Waals surface area (Å²) >= 11 is 0. The van der Waals surface area contributed by atoms with E-state index in [1.54, 1.807) is 0 Å². The molecule has 0 saturated heterocycles. The van der Waals surface area contributed by atoms with Gasteiger partial charge in [0.1, 0.15) is 11.7 Å². The van der Waals surface area contributed by atoms with Crippen LogP contribution in [0.4, 0.5) is 23.2 Å². The predicted octanol–water partition coefficient (Wildman–Crippen LogP) is 4.02. The summed E-state index contributed by atoms with van der Waals surface area (Å²) in [6.45, 7) is 1.52. The molecule has 0 aliphatic heterocycles. The van der Waals surface area contributed by atoms with Gasteiger partial charge >= 0.3 is 6.36 Å². The van der Waals surface area contributed by atoms with Crippen LogP contribution in [0.2, 0.25) is 0 Å². The fourth-order valence-electron chi connectivity index (χ4n) is 2.30. The number of carbonyl (C=O) groups excluding carboxylic acids is 1. The van der Waals surface area contributed by atoms with Crippen LogP contribution in [0.3, 0.4) is 0 Å². The Balaban J connectivity index is 2.79. The fraction of sp³-hybridized carbons (Fsp3) is 0.176. The van der Waals surface area contributed by atoms with E-state index in [0.29, 0.717) is 0 Å². The lowest BCUT2D eigenvalue weighted by atomic mass is 9.96. The lowest BCUT2D eigenvalue weighted by Gasteiger charge is -2.20. The largest absolute Gasteiger partial charge is 0.573 e. The van der Waals surface area contributed by atoms with Gasteiger partial charge in [0.05, 0.1) is 5.69 Å². The van der Waals surface area contributed by atoms with Crippen molar-refractivity contribution in [2.24, 2.45) is 5.73 Å². The molecule has 0 heterocycles. The minimum atomic E-state index is -5.08. The maximum Gasteiger partial charge on any atom is 0.573 e. The zero-order chi connectivity index (χ0) is 19.5. The summed E-state index contributed by atoms with van der Waals surface area (Å²) < 4.78 is 56.6. The van der Waals surface area contributed by atoms with E-state index in [-0.39, 0.29) is 28.8 Å². The Hall–Kier alpha value is -3.10. The zero-order valence-electron chi connectivity index (χ0n) is 13.6. The maximum atomic E-state index is 13.6. The van der Waals surface area contributed by atoms with Crippen LogP contribution in [-0.2, 0) is 4.79 Å². The first-order valence-corrected chi connectivity index (χ1v) is 7.45. The molecule has 1 amide bonds. The number of anilines is 1. The first kappa shape index (κ1) is 19.2. The number of alkyl halides is 3. The van der Waals surface area contributed by atoms with E-state index in [9.17, 15) is 22.4 Å². The third kappa shape index (κ3) is 4.50. The van der Waals surface area contributed by atoms with Crippen LogP contribution in [-0.4, -0.2) is 18.1 Å². The van der Waals surface area contributed by atoms with Gasteiger partial charge < -0.3 is 15.8 Å². The van der Waals surface area contributed by atoms with Crippen LogP contribution in [0.15, 0.2) is 36.4 Å². The summed E-state index contributed by atoms with van der Waals surface area (Å²) in [5, 5.41) is 9.92. The number of ether oxygens (including phenoxy) is 1. The molecule has 138 valence electrons. The molecule has 0 aliphatic rings. The summed E-state index contributed by atoms with van der Waals surface area (Å²) in [5.74, 6) is -2.54. The Labute approximate surface area is 146 Å². The number of nitrogens with one attached hydrogen (secondary N) is 2. The van der Waals surface area contributed by atoms with Crippen molar-refractivity contribution in [1.82, 2.24) is 0 Å². The molecule has 5 nitrogen and oxygen atoms in total. The van der Waals surface area contributed by atoms with E-state index in [1.807, 2.05) is 0 Å². The fourth-order valence-corrected chi connectivity index (χ4v) is 2.30. The van der Waals surface area contributed by atoms with Gasteiger partial charge in [0.2, 0.25) is 5.91 Å². The zero-order valence-corrected chi connectivity index (χ0v) is 13.6. The molecule has 0 radical (unpaired) electrons. The number of nitrogens with two attached hydrogens (primary N) is 1. The number of benzene rings is 2. The third-order valence-corrected chi connectivity index (χ3v) is 3.37. The van der Waals surface area contributed by atoms with Gasteiger partial charge in [-0.1, -0.05) is 19.1 Å². The van der Waals surface area contributed by atoms with E-state index >= 15 is 0 Å². The van der Waals surface area contributed by atoms with Gasteiger partial charge in [0.15, 0.2) is 5.75 Å².